The Kier molecular flexibility index (Phi) is 6.71. The zero-order chi connectivity index (χ0) is 22.5. The standard InChI is InChI=1S/C21H22N4O5S/c1-5-29-20(27)15-12(3)17(21(28)30-6-2)31-18(15)23-22-16-13(4)24-25(19(16)26)14-10-8-7-9-11-14/h7-11,23-24H,4-6H2,1-3H3. The fourth-order valence-corrected chi connectivity index (χ4v) is 3.92. The van der Waals surface area contributed by atoms with Gasteiger partial charge in [-0.25, -0.2) is 14.6 Å². The zero-order valence-electron chi connectivity index (χ0n) is 17.4. The Morgan fingerprint density at radius 1 is 1.16 bits per heavy atom. The van der Waals surface area contributed by atoms with E-state index in [1.807, 2.05) is 6.07 Å². The van der Waals surface area contributed by atoms with E-state index >= 15 is 0 Å². The van der Waals surface area contributed by atoms with Gasteiger partial charge in [0, 0.05) is 0 Å². The molecule has 0 atom stereocenters. The van der Waals surface area contributed by atoms with E-state index in [1.54, 1.807) is 45.0 Å². The van der Waals surface area contributed by atoms with Crippen LogP contribution in [0.15, 0.2) is 47.7 Å². The molecule has 1 amide bonds. The average molecular weight is 442 g/mol. The highest BCUT2D eigenvalue weighted by atomic mass is 32.1. The summed E-state index contributed by atoms with van der Waals surface area (Å²) in [7, 11) is 0. The molecule has 0 spiro atoms. The number of hydrazine groups is 1. The van der Waals surface area contributed by atoms with Crippen molar-refractivity contribution in [1.82, 2.24) is 5.43 Å². The number of amides is 1. The minimum absolute atomic E-state index is 0.0439. The number of anilines is 2. The maximum absolute atomic E-state index is 12.8. The summed E-state index contributed by atoms with van der Waals surface area (Å²) in [4.78, 5) is 37.8. The Hall–Kier alpha value is -3.66. The number of nitrogens with one attached hydrogen (secondary N) is 2. The van der Waals surface area contributed by atoms with Gasteiger partial charge in [0.2, 0.25) is 0 Å². The van der Waals surface area contributed by atoms with E-state index in [4.69, 9.17) is 9.47 Å². The SMILES string of the molecule is C=C1NN(c2ccccc2)C(=O)C1=NNc1sc(C(=O)OCC)c(C)c1C(=O)OCC. The maximum Gasteiger partial charge on any atom is 0.348 e. The van der Waals surface area contributed by atoms with E-state index in [2.05, 4.69) is 22.5 Å². The van der Waals surface area contributed by atoms with Crippen LogP contribution in [-0.4, -0.2) is 36.8 Å². The monoisotopic (exact) mass is 442 g/mol. The highest BCUT2D eigenvalue weighted by Gasteiger charge is 2.33. The predicted octanol–water partition coefficient (Wildman–Crippen LogP) is 3.24. The van der Waals surface area contributed by atoms with Gasteiger partial charge in [-0.15, -0.1) is 11.3 Å². The third kappa shape index (κ3) is 4.43. The van der Waals surface area contributed by atoms with Crippen molar-refractivity contribution in [2.75, 3.05) is 23.6 Å². The van der Waals surface area contributed by atoms with Gasteiger partial charge in [0.25, 0.3) is 5.91 Å². The van der Waals surface area contributed by atoms with E-state index in [0.29, 0.717) is 11.3 Å². The van der Waals surface area contributed by atoms with Crippen LogP contribution in [0.5, 0.6) is 0 Å². The van der Waals surface area contributed by atoms with Crippen LogP contribution in [0.2, 0.25) is 0 Å². The first-order chi connectivity index (χ1) is 14.9. The van der Waals surface area contributed by atoms with Crippen molar-refractivity contribution >= 4 is 45.6 Å². The largest absolute Gasteiger partial charge is 0.462 e. The van der Waals surface area contributed by atoms with Gasteiger partial charge in [-0.05, 0) is 38.5 Å². The molecule has 0 bridgehead atoms. The Labute approximate surface area is 183 Å². The van der Waals surface area contributed by atoms with E-state index in [-0.39, 0.29) is 40.1 Å². The fraction of sp³-hybridized carbons (Fsp3) is 0.238. The van der Waals surface area contributed by atoms with Crippen LogP contribution in [0.1, 0.15) is 39.4 Å². The third-order valence-corrected chi connectivity index (χ3v) is 5.49. The molecule has 162 valence electrons. The van der Waals surface area contributed by atoms with Gasteiger partial charge in [0.1, 0.15) is 9.88 Å². The summed E-state index contributed by atoms with van der Waals surface area (Å²) < 4.78 is 10.2. The van der Waals surface area contributed by atoms with Crippen LogP contribution >= 0.6 is 11.3 Å². The number of nitrogens with zero attached hydrogens (tertiary/aromatic N) is 2. The van der Waals surface area contributed by atoms with Crippen LogP contribution < -0.4 is 15.9 Å². The molecule has 1 saturated heterocycles. The molecular weight excluding hydrogens is 420 g/mol. The van der Waals surface area contributed by atoms with Crippen molar-refractivity contribution in [1.29, 1.82) is 0 Å². The van der Waals surface area contributed by atoms with Crippen molar-refractivity contribution in [3.05, 3.63) is 58.6 Å². The summed E-state index contributed by atoms with van der Waals surface area (Å²) in [5.41, 5.74) is 7.16. The Morgan fingerprint density at radius 3 is 2.45 bits per heavy atom. The molecule has 1 aliphatic heterocycles. The highest BCUT2D eigenvalue weighted by molar-refractivity contribution is 7.18. The lowest BCUT2D eigenvalue weighted by molar-refractivity contribution is -0.112. The Balaban J connectivity index is 1.92. The van der Waals surface area contributed by atoms with Gasteiger partial charge in [0.05, 0.1) is 30.2 Å². The van der Waals surface area contributed by atoms with Gasteiger partial charge in [-0.2, -0.15) is 5.10 Å². The summed E-state index contributed by atoms with van der Waals surface area (Å²) in [5, 5.41) is 5.75. The topological polar surface area (TPSA) is 109 Å². The predicted molar refractivity (Wildman–Crippen MR) is 118 cm³/mol. The fourth-order valence-electron chi connectivity index (χ4n) is 2.89. The molecular formula is C21H22N4O5S. The average Bonchev–Trinajstić information content (AvgIpc) is 3.23. The first kappa shape index (κ1) is 22.0. The molecule has 0 saturated carbocycles. The number of hydrogen-bond donors (Lipinski definition) is 2. The minimum Gasteiger partial charge on any atom is -0.462 e. The minimum atomic E-state index is -0.602. The number of para-hydroxylation sites is 1. The van der Waals surface area contributed by atoms with Crippen molar-refractivity contribution in [2.24, 2.45) is 5.10 Å². The van der Waals surface area contributed by atoms with E-state index in [9.17, 15) is 14.4 Å². The summed E-state index contributed by atoms with van der Waals surface area (Å²) in [5.74, 6) is -1.56. The summed E-state index contributed by atoms with van der Waals surface area (Å²) in [6.07, 6.45) is 0. The number of carbonyl (C=O) groups is 3. The molecule has 0 aliphatic carbocycles. The first-order valence-electron chi connectivity index (χ1n) is 9.55. The van der Waals surface area contributed by atoms with Gasteiger partial charge in [-0.3, -0.25) is 15.6 Å². The van der Waals surface area contributed by atoms with Crippen molar-refractivity contribution in [2.45, 2.75) is 20.8 Å². The summed E-state index contributed by atoms with van der Waals surface area (Å²) in [6, 6.07) is 8.98. The molecule has 1 aromatic heterocycles. The smallest absolute Gasteiger partial charge is 0.348 e. The summed E-state index contributed by atoms with van der Waals surface area (Å²) in [6.45, 7) is 9.21. The molecule has 3 rings (SSSR count). The van der Waals surface area contributed by atoms with Crippen LogP contribution in [0.4, 0.5) is 10.7 Å². The summed E-state index contributed by atoms with van der Waals surface area (Å²) >= 11 is 1.00. The first-order valence-corrected chi connectivity index (χ1v) is 10.4. The molecule has 2 N–H and O–H groups in total. The molecule has 9 nitrogen and oxygen atoms in total. The van der Waals surface area contributed by atoms with Gasteiger partial charge < -0.3 is 9.47 Å². The second kappa shape index (κ2) is 9.43. The van der Waals surface area contributed by atoms with Gasteiger partial charge in [-0.1, -0.05) is 24.8 Å². The number of rotatable bonds is 7. The number of ether oxygens (including phenoxy) is 2. The Bertz CT molecular complexity index is 1060. The molecule has 1 aromatic carbocycles. The number of thiophene rings is 1. The van der Waals surface area contributed by atoms with Crippen LogP contribution in [0.3, 0.4) is 0 Å². The molecule has 1 fully saturated rings. The normalized spacial score (nSPS) is 14.5. The van der Waals surface area contributed by atoms with Crippen molar-refractivity contribution in [3.8, 4) is 0 Å². The van der Waals surface area contributed by atoms with Gasteiger partial charge >= 0.3 is 11.9 Å². The highest BCUT2D eigenvalue weighted by Crippen LogP contribution is 2.34. The van der Waals surface area contributed by atoms with E-state index < -0.39 is 17.8 Å². The van der Waals surface area contributed by atoms with Crippen molar-refractivity contribution in [3.63, 3.8) is 0 Å². The second-order valence-electron chi connectivity index (χ2n) is 6.34. The molecule has 2 aromatic rings. The van der Waals surface area contributed by atoms with E-state index in [1.165, 1.54) is 5.01 Å². The number of hydrazone groups is 1. The molecule has 31 heavy (non-hydrogen) atoms. The quantitative estimate of drug-likeness (QED) is 0.500. The lowest BCUT2D eigenvalue weighted by atomic mass is 10.1. The lowest BCUT2D eigenvalue weighted by Crippen LogP contribution is -2.34. The van der Waals surface area contributed by atoms with E-state index in [0.717, 1.165) is 11.3 Å². The maximum atomic E-state index is 12.8. The van der Waals surface area contributed by atoms with Crippen molar-refractivity contribution < 1.29 is 23.9 Å². The number of carbonyl (C=O) groups excluding carboxylic acids is 3. The molecule has 2 heterocycles. The number of benzene rings is 1. The molecule has 10 heteroatoms. The molecule has 0 radical (unpaired) electrons. The third-order valence-electron chi connectivity index (χ3n) is 4.31. The zero-order valence-corrected chi connectivity index (χ0v) is 18.2. The second-order valence-corrected chi connectivity index (χ2v) is 7.36. The van der Waals surface area contributed by atoms with Gasteiger partial charge in [0.15, 0.2) is 5.71 Å². The Morgan fingerprint density at radius 2 is 1.81 bits per heavy atom. The number of hydrogen-bond acceptors (Lipinski definition) is 9. The molecule has 0 unspecified atom stereocenters. The van der Waals surface area contributed by atoms with Crippen LogP contribution in [-0.2, 0) is 14.3 Å². The lowest BCUT2D eigenvalue weighted by Gasteiger charge is -2.14. The molecule has 1 aliphatic rings. The number of esters is 2. The van der Waals surface area contributed by atoms with Crippen LogP contribution in [0.25, 0.3) is 0 Å². The van der Waals surface area contributed by atoms with Crippen LogP contribution in [0, 0.1) is 6.92 Å².